The van der Waals surface area contributed by atoms with Gasteiger partial charge in [-0.25, -0.2) is 4.79 Å². The molecule has 4 heteroatoms. The van der Waals surface area contributed by atoms with Crippen LogP contribution >= 0.6 is 0 Å². The molecule has 1 N–H and O–H groups in total. The minimum absolute atomic E-state index is 0.0113. The minimum atomic E-state index is -0.345. The Morgan fingerprint density at radius 3 is 2.96 bits per heavy atom. The fourth-order valence-corrected chi connectivity index (χ4v) is 4.35. The number of rotatable bonds is 3. The van der Waals surface area contributed by atoms with Crippen LogP contribution in [0.25, 0.3) is 0 Å². The van der Waals surface area contributed by atoms with Crippen LogP contribution in [0.1, 0.15) is 52.9 Å². The molecule has 1 aliphatic heterocycles. The Labute approximate surface area is 151 Å². The largest absolute Gasteiger partial charge is 0.445 e. The summed E-state index contributed by atoms with van der Waals surface area (Å²) in [5.74, 6) is 0.944. The van der Waals surface area contributed by atoms with Crippen LogP contribution in [0.4, 0.5) is 4.79 Å². The Morgan fingerprint density at radius 1 is 1.48 bits per heavy atom. The summed E-state index contributed by atoms with van der Waals surface area (Å²) in [5.41, 5.74) is 3.57. The Hall–Kier alpha value is -1.55. The predicted molar refractivity (Wildman–Crippen MR) is 99.3 cm³/mol. The summed E-state index contributed by atoms with van der Waals surface area (Å²) in [7, 11) is 0. The van der Waals surface area contributed by atoms with Crippen LogP contribution in [-0.2, 0) is 9.47 Å². The normalized spacial score (nSPS) is 37.0. The predicted octanol–water partition coefficient (Wildman–Crippen LogP) is 4.53. The van der Waals surface area contributed by atoms with Crippen molar-refractivity contribution in [1.82, 2.24) is 5.32 Å². The summed E-state index contributed by atoms with van der Waals surface area (Å²) in [4.78, 5) is 11.8. The van der Waals surface area contributed by atoms with E-state index in [1.165, 1.54) is 16.7 Å². The van der Waals surface area contributed by atoms with Crippen molar-refractivity contribution >= 4 is 6.09 Å². The molecule has 25 heavy (non-hydrogen) atoms. The van der Waals surface area contributed by atoms with Gasteiger partial charge in [-0.1, -0.05) is 24.8 Å². The number of epoxide rings is 1. The van der Waals surface area contributed by atoms with E-state index in [0.29, 0.717) is 24.5 Å². The highest BCUT2D eigenvalue weighted by atomic mass is 16.6. The fourth-order valence-electron chi connectivity index (χ4n) is 4.35. The van der Waals surface area contributed by atoms with Gasteiger partial charge >= 0.3 is 6.09 Å². The van der Waals surface area contributed by atoms with Crippen LogP contribution in [-0.4, -0.2) is 30.4 Å². The van der Waals surface area contributed by atoms with E-state index < -0.39 is 0 Å². The van der Waals surface area contributed by atoms with Gasteiger partial charge in [-0.15, -0.1) is 0 Å². The van der Waals surface area contributed by atoms with Crippen LogP contribution in [0.5, 0.6) is 0 Å². The number of carbonyl (C=O) groups is 1. The number of hydrogen-bond donors (Lipinski definition) is 1. The molecule has 1 amide bonds. The molecule has 0 radical (unpaired) electrons. The molecule has 2 fully saturated rings. The van der Waals surface area contributed by atoms with Crippen molar-refractivity contribution in [3.05, 3.63) is 36.0 Å². The summed E-state index contributed by atoms with van der Waals surface area (Å²) >= 11 is 0. The van der Waals surface area contributed by atoms with Crippen molar-refractivity contribution in [2.75, 3.05) is 6.61 Å². The fraction of sp³-hybridized carbons (Fsp3) is 0.667. The van der Waals surface area contributed by atoms with E-state index in [4.69, 9.17) is 9.47 Å². The lowest BCUT2D eigenvalue weighted by atomic mass is 9.80. The average molecular weight is 345 g/mol. The first-order valence-electron chi connectivity index (χ1n) is 9.46. The van der Waals surface area contributed by atoms with Gasteiger partial charge in [-0.2, -0.15) is 0 Å². The summed E-state index contributed by atoms with van der Waals surface area (Å²) in [5, 5.41) is 2.77. The highest BCUT2D eigenvalue weighted by Gasteiger charge is 2.58. The molecule has 0 aromatic carbocycles. The minimum Gasteiger partial charge on any atom is -0.445 e. The quantitative estimate of drug-likeness (QED) is 0.604. The van der Waals surface area contributed by atoms with E-state index in [1.54, 1.807) is 0 Å². The molecule has 2 aliphatic carbocycles. The third kappa shape index (κ3) is 4.00. The van der Waals surface area contributed by atoms with E-state index in [2.05, 4.69) is 31.5 Å². The Morgan fingerprint density at radius 2 is 2.24 bits per heavy atom. The van der Waals surface area contributed by atoms with Crippen molar-refractivity contribution in [3.8, 4) is 0 Å². The lowest BCUT2D eigenvalue weighted by Gasteiger charge is -2.22. The van der Waals surface area contributed by atoms with Gasteiger partial charge in [0.1, 0.15) is 6.61 Å². The standard InChI is InChI=1S/C21H31NO3/c1-13(2)22-20(23)24-12-16-7-6-10-21(5)19(25-21)18-11-14(3)15(4)17(18)9-8-16/h7,13,17-19H,3-4,6,8-12H2,1-2,5H3,(H,22,23)/b16-7+/t17-,18-,19-,21+/m0/s1. The first kappa shape index (κ1) is 18.2. The van der Waals surface area contributed by atoms with Crippen molar-refractivity contribution < 1.29 is 14.3 Å². The van der Waals surface area contributed by atoms with Crippen molar-refractivity contribution in [1.29, 1.82) is 0 Å². The zero-order chi connectivity index (χ0) is 18.2. The van der Waals surface area contributed by atoms with Gasteiger partial charge in [0.2, 0.25) is 0 Å². The van der Waals surface area contributed by atoms with E-state index in [1.807, 2.05) is 13.8 Å². The van der Waals surface area contributed by atoms with Gasteiger partial charge in [-0.05, 0) is 75.9 Å². The number of amides is 1. The van der Waals surface area contributed by atoms with Gasteiger partial charge in [0.25, 0.3) is 0 Å². The maximum absolute atomic E-state index is 11.8. The van der Waals surface area contributed by atoms with Gasteiger partial charge in [0.05, 0.1) is 11.7 Å². The van der Waals surface area contributed by atoms with Crippen molar-refractivity contribution in [2.24, 2.45) is 11.8 Å². The van der Waals surface area contributed by atoms with Gasteiger partial charge < -0.3 is 14.8 Å². The summed E-state index contributed by atoms with van der Waals surface area (Å²) in [6, 6.07) is 0.0861. The first-order chi connectivity index (χ1) is 11.8. The second kappa shape index (κ2) is 6.99. The molecular formula is C21H31NO3. The van der Waals surface area contributed by atoms with Crippen LogP contribution in [0.3, 0.4) is 0 Å². The Bertz CT molecular complexity index is 606. The summed E-state index contributed by atoms with van der Waals surface area (Å²) < 4.78 is 11.5. The number of hydrogen-bond acceptors (Lipinski definition) is 3. The maximum Gasteiger partial charge on any atom is 0.407 e. The lowest BCUT2D eigenvalue weighted by Crippen LogP contribution is -2.31. The van der Waals surface area contributed by atoms with Gasteiger partial charge in [-0.3, -0.25) is 0 Å². The smallest absolute Gasteiger partial charge is 0.407 e. The number of ether oxygens (including phenoxy) is 2. The zero-order valence-electron chi connectivity index (χ0n) is 15.8. The average Bonchev–Trinajstić information content (AvgIpc) is 3.12. The second-order valence-electron chi connectivity index (χ2n) is 8.27. The van der Waals surface area contributed by atoms with Crippen LogP contribution in [0.15, 0.2) is 36.0 Å². The van der Waals surface area contributed by atoms with E-state index >= 15 is 0 Å². The van der Waals surface area contributed by atoms with E-state index in [9.17, 15) is 4.79 Å². The zero-order valence-corrected chi connectivity index (χ0v) is 15.8. The molecule has 1 saturated heterocycles. The molecule has 3 aliphatic rings. The van der Waals surface area contributed by atoms with Crippen LogP contribution < -0.4 is 5.32 Å². The third-order valence-corrected chi connectivity index (χ3v) is 5.88. The van der Waals surface area contributed by atoms with Gasteiger partial charge in [0, 0.05) is 6.04 Å². The lowest BCUT2D eigenvalue weighted by molar-refractivity contribution is 0.151. The van der Waals surface area contributed by atoms with E-state index in [-0.39, 0.29) is 17.7 Å². The molecule has 0 unspecified atom stereocenters. The summed E-state index contributed by atoms with van der Waals surface area (Å²) in [6.45, 7) is 14.9. The number of nitrogens with one attached hydrogen (secondary N) is 1. The number of alkyl carbamates (subject to hydrolysis) is 1. The molecule has 1 saturated carbocycles. The van der Waals surface area contributed by atoms with Crippen LogP contribution in [0, 0.1) is 11.8 Å². The van der Waals surface area contributed by atoms with Crippen molar-refractivity contribution in [2.45, 2.75) is 70.6 Å². The Kier molecular flexibility index (Phi) is 5.10. The molecule has 0 spiro atoms. The second-order valence-corrected chi connectivity index (χ2v) is 8.27. The highest BCUT2D eigenvalue weighted by molar-refractivity contribution is 5.67. The number of carbonyl (C=O) groups excluding carboxylic acids is 1. The van der Waals surface area contributed by atoms with Crippen LogP contribution in [0.2, 0.25) is 0 Å². The molecule has 4 atom stereocenters. The third-order valence-electron chi connectivity index (χ3n) is 5.88. The topological polar surface area (TPSA) is 50.9 Å². The molecule has 4 nitrogen and oxygen atoms in total. The van der Waals surface area contributed by atoms with Gasteiger partial charge in [0.15, 0.2) is 0 Å². The van der Waals surface area contributed by atoms with Crippen molar-refractivity contribution in [3.63, 3.8) is 0 Å². The molecular weight excluding hydrogens is 314 g/mol. The number of fused-ring (bicyclic) bond motifs is 3. The van der Waals surface area contributed by atoms with E-state index in [0.717, 1.165) is 32.1 Å². The molecule has 138 valence electrons. The molecule has 0 aromatic heterocycles. The molecule has 0 bridgehead atoms. The first-order valence-corrected chi connectivity index (χ1v) is 9.46. The molecule has 3 rings (SSSR count). The summed E-state index contributed by atoms with van der Waals surface area (Å²) in [6.07, 6.45) is 7.19. The Balaban J connectivity index is 1.66. The number of allylic oxidation sites excluding steroid dienone is 3. The monoisotopic (exact) mass is 345 g/mol. The molecule has 0 aromatic rings. The molecule has 1 heterocycles. The maximum atomic E-state index is 11.8. The SMILES string of the molecule is C=C1C[C@H]2[C@@H](CC/C(COC(=O)NC(C)C)=C\CC[C@@]3(C)O[C@@H]23)C1=C. The highest BCUT2D eigenvalue weighted by Crippen LogP contribution is 2.55.